The summed E-state index contributed by atoms with van der Waals surface area (Å²) < 4.78 is 0. The van der Waals surface area contributed by atoms with Gasteiger partial charge in [0.2, 0.25) is 0 Å². The van der Waals surface area contributed by atoms with Gasteiger partial charge in [-0.1, -0.05) is 23.4 Å². The third kappa shape index (κ3) is 2.95. The molecule has 1 aliphatic heterocycles. The average Bonchev–Trinajstić information content (AvgIpc) is 2.74. The molecule has 1 aliphatic rings. The molecule has 1 heterocycles. The number of rotatable bonds is 3. The summed E-state index contributed by atoms with van der Waals surface area (Å²) in [6, 6.07) is 7.59. The van der Waals surface area contributed by atoms with Gasteiger partial charge in [0.25, 0.3) is 0 Å². The number of nitrogens with two attached hydrogens (primary N) is 1. The smallest absolute Gasteiger partial charge is 0.170 e. The first-order chi connectivity index (χ1) is 8.19. The van der Waals surface area contributed by atoms with Crippen LogP contribution in [0.5, 0.6) is 0 Å². The number of likely N-dealkylation sites (tertiary alicyclic amines) is 1. The van der Waals surface area contributed by atoms with Crippen molar-refractivity contribution in [2.75, 3.05) is 13.1 Å². The lowest BCUT2D eigenvalue weighted by Gasteiger charge is -2.15. The summed E-state index contributed by atoms with van der Waals surface area (Å²) in [5.41, 5.74) is 7.35. The monoisotopic (exact) mass is 235 g/mol. The maximum atomic E-state index is 9.44. The summed E-state index contributed by atoms with van der Waals surface area (Å²) in [6.45, 7) is 2.41. The number of hydrogen-bond acceptors (Lipinski definition) is 4. The molecule has 92 valence electrons. The van der Waals surface area contributed by atoms with Gasteiger partial charge in [0, 0.05) is 25.2 Å². The summed E-state index contributed by atoms with van der Waals surface area (Å²) >= 11 is 0. The fraction of sp³-hybridized carbons (Fsp3) is 0.417. The van der Waals surface area contributed by atoms with E-state index in [2.05, 4.69) is 10.1 Å². The minimum absolute atomic E-state index is 0.119. The molecule has 0 radical (unpaired) electrons. The van der Waals surface area contributed by atoms with E-state index in [-0.39, 0.29) is 11.9 Å². The van der Waals surface area contributed by atoms with Crippen molar-refractivity contribution >= 4 is 5.84 Å². The molecule has 1 atom stereocenters. The Morgan fingerprint density at radius 2 is 2.35 bits per heavy atom. The molecule has 17 heavy (non-hydrogen) atoms. The van der Waals surface area contributed by atoms with Crippen molar-refractivity contribution < 1.29 is 10.3 Å². The molecule has 0 aliphatic carbocycles. The van der Waals surface area contributed by atoms with E-state index < -0.39 is 0 Å². The van der Waals surface area contributed by atoms with Crippen LogP contribution < -0.4 is 5.73 Å². The van der Waals surface area contributed by atoms with Gasteiger partial charge in [-0.15, -0.1) is 0 Å². The minimum atomic E-state index is -0.206. The van der Waals surface area contributed by atoms with Gasteiger partial charge in [-0.25, -0.2) is 0 Å². The number of oxime groups is 1. The SMILES string of the molecule is NC(=NO)c1cccc(CN2CCC(O)C2)c1. The fourth-order valence-electron chi connectivity index (χ4n) is 2.10. The largest absolute Gasteiger partial charge is 0.409 e. The number of nitrogens with zero attached hydrogens (tertiary/aromatic N) is 2. The molecule has 5 nitrogen and oxygen atoms in total. The molecule has 0 aromatic heterocycles. The first-order valence-electron chi connectivity index (χ1n) is 5.66. The van der Waals surface area contributed by atoms with Crippen LogP contribution >= 0.6 is 0 Å². The van der Waals surface area contributed by atoms with Gasteiger partial charge in [-0.3, -0.25) is 4.90 Å². The highest BCUT2D eigenvalue weighted by Crippen LogP contribution is 2.14. The van der Waals surface area contributed by atoms with Crippen LogP contribution in [0, 0.1) is 0 Å². The van der Waals surface area contributed by atoms with Crippen LogP contribution in [-0.2, 0) is 6.54 Å². The van der Waals surface area contributed by atoms with Crippen molar-refractivity contribution in [1.82, 2.24) is 4.90 Å². The Balaban J connectivity index is 2.06. The van der Waals surface area contributed by atoms with E-state index in [1.807, 2.05) is 18.2 Å². The maximum Gasteiger partial charge on any atom is 0.170 e. The molecule has 1 aromatic rings. The molecule has 5 heteroatoms. The molecule has 1 saturated heterocycles. The average molecular weight is 235 g/mol. The third-order valence-corrected chi connectivity index (χ3v) is 2.98. The van der Waals surface area contributed by atoms with Crippen LogP contribution in [0.4, 0.5) is 0 Å². The zero-order valence-corrected chi connectivity index (χ0v) is 9.58. The Labute approximate surface area is 100 Å². The zero-order chi connectivity index (χ0) is 12.3. The van der Waals surface area contributed by atoms with E-state index in [9.17, 15) is 5.11 Å². The summed E-state index contributed by atoms with van der Waals surface area (Å²) in [7, 11) is 0. The lowest BCUT2D eigenvalue weighted by molar-refractivity contribution is 0.175. The molecular formula is C12H17N3O2. The van der Waals surface area contributed by atoms with Gasteiger partial charge in [0.15, 0.2) is 5.84 Å². The Bertz CT molecular complexity index is 420. The quantitative estimate of drug-likeness (QED) is 0.305. The number of benzene rings is 1. The van der Waals surface area contributed by atoms with Gasteiger partial charge >= 0.3 is 0 Å². The zero-order valence-electron chi connectivity index (χ0n) is 9.58. The highest BCUT2D eigenvalue weighted by molar-refractivity contribution is 5.97. The first-order valence-corrected chi connectivity index (χ1v) is 5.66. The highest BCUT2D eigenvalue weighted by atomic mass is 16.4. The molecule has 0 bridgehead atoms. The molecule has 0 amide bonds. The van der Waals surface area contributed by atoms with Crippen LogP contribution in [-0.4, -0.2) is 40.2 Å². The maximum absolute atomic E-state index is 9.44. The second-order valence-electron chi connectivity index (χ2n) is 4.36. The van der Waals surface area contributed by atoms with Crippen LogP contribution in [0.15, 0.2) is 29.4 Å². The molecule has 2 rings (SSSR count). The molecule has 1 aromatic carbocycles. The van der Waals surface area contributed by atoms with Gasteiger partial charge in [0.05, 0.1) is 6.10 Å². The minimum Gasteiger partial charge on any atom is -0.409 e. The molecule has 0 saturated carbocycles. The van der Waals surface area contributed by atoms with Crippen molar-refractivity contribution in [3.05, 3.63) is 35.4 Å². The summed E-state index contributed by atoms with van der Waals surface area (Å²) in [4.78, 5) is 2.19. The van der Waals surface area contributed by atoms with E-state index in [0.29, 0.717) is 12.1 Å². The standard InChI is InChI=1S/C12H17N3O2/c13-12(14-17)10-3-1-2-9(6-10)7-15-5-4-11(16)8-15/h1-3,6,11,16-17H,4-5,7-8H2,(H2,13,14). The number of aliphatic hydroxyl groups is 1. The van der Waals surface area contributed by atoms with Crippen molar-refractivity contribution in [2.45, 2.75) is 19.1 Å². The number of amidine groups is 1. The van der Waals surface area contributed by atoms with Gasteiger partial charge in [0.1, 0.15) is 0 Å². The molecule has 0 spiro atoms. The van der Waals surface area contributed by atoms with Crippen LogP contribution in [0.2, 0.25) is 0 Å². The van der Waals surface area contributed by atoms with Crippen LogP contribution in [0.25, 0.3) is 0 Å². The first kappa shape index (κ1) is 11.9. The van der Waals surface area contributed by atoms with E-state index in [1.165, 1.54) is 0 Å². The summed E-state index contributed by atoms with van der Waals surface area (Å²) in [5, 5.41) is 21.0. The van der Waals surface area contributed by atoms with Crippen LogP contribution in [0.3, 0.4) is 0 Å². The second kappa shape index (κ2) is 5.16. The number of hydrogen-bond donors (Lipinski definition) is 3. The Morgan fingerprint density at radius 3 is 3.00 bits per heavy atom. The Morgan fingerprint density at radius 1 is 1.53 bits per heavy atom. The van der Waals surface area contributed by atoms with Gasteiger partial charge in [-0.2, -0.15) is 0 Å². The number of aliphatic hydroxyl groups excluding tert-OH is 1. The predicted molar refractivity (Wildman–Crippen MR) is 64.9 cm³/mol. The second-order valence-corrected chi connectivity index (χ2v) is 4.36. The molecular weight excluding hydrogens is 218 g/mol. The van der Waals surface area contributed by atoms with Crippen molar-refractivity contribution in [3.8, 4) is 0 Å². The number of β-amino-alcohol motifs (C(OH)–C–C–N with tert-alkyl or cyclic N) is 1. The van der Waals surface area contributed by atoms with Crippen molar-refractivity contribution in [1.29, 1.82) is 0 Å². The van der Waals surface area contributed by atoms with Crippen molar-refractivity contribution in [3.63, 3.8) is 0 Å². The van der Waals surface area contributed by atoms with E-state index in [1.54, 1.807) is 6.07 Å². The Kier molecular flexibility index (Phi) is 3.61. The van der Waals surface area contributed by atoms with Gasteiger partial charge in [-0.05, 0) is 18.1 Å². The molecule has 4 N–H and O–H groups in total. The van der Waals surface area contributed by atoms with Gasteiger partial charge < -0.3 is 16.0 Å². The lowest BCUT2D eigenvalue weighted by Crippen LogP contribution is -2.22. The molecule has 1 unspecified atom stereocenters. The molecule has 1 fully saturated rings. The van der Waals surface area contributed by atoms with Crippen molar-refractivity contribution in [2.24, 2.45) is 10.9 Å². The van der Waals surface area contributed by atoms with E-state index in [4.69, 9.17) is 10.9 Å². The Hall–Kier alpha value is -1.59. The summed E-state index contributed by atoms with van der Waals surface area (Å²) in [6.07, 6.45) is 0.627. The van der Waals surface area contributed by atoms with E-state index >= 15 is 0 Å². The normalized spacial score (nSPS) is 21.9. The van der Waals surface area contributed by atoms with E-state index in [0.717, 1.165) is 25.1 Å². The topological polar surface area (TPSA) is 82.1 Å². The van der Waals surface area contributed by atoms with Crippen LogP contribution in [0.1, 0.15) is 17.5 Å². The predicted octanol–water partition coefficient (Wildman–Crippen LogP) is 0.348. The lowest BCUT2D eigenvalue weighted by atomic mass is 10.1. The third-order valence-electron chi connectivity index (χ3n) is 2.98. The fourth-order valence-corrected chi connectivity index (χ4v) is 2.10. The highest BCUT2D eigenvalue weighted by Gasteiger charge is 2.19. The summed E-state index contributed by atoms with van der Waals surface area (Å²) in [5.74, 6) is 0.119.